The summed E-state index contributed by atoms with van der Waals surface area (Å²) < 4.78 is 0. The first-order valence-corrected chi connectivity index (χ1v) is 24.0. The Morgan fingerprint density at radius 1 is 0.250 bits per heavy atom. The first-order valence-electron chi connectivity index (χ1n) is 24.0. The van der Waals surface area contributed by atoms with E-state index in [0.29, 0.717) is 0 Å². The van der Waals surface area contributed by atoms with E-state index in [-0.39, 0.29) is 0 Å². The normalized spacial score (nSPS) is 12.0. The number of hydrogen-bond donors (Lipinski definition) is 0. The third-order valence-electron chi connectivity index (χ3n) is 13.7. The highest BCUT2D eigenvalue weighted by molar-refractivity contribution is 5.86. The Hall–Kier alpha value is -8.20. The fourth-order valence-corrected chi connectivity index (χ4v) is 9.96. The number of benzene rings is 10. The summed E-state index contributed by atoms with van der Waals surface area (Å²) in [5.41, 5.74) is 24.7. The number of fused-ring (bicyclic) bond motifs is 1. The minimum atomic E-state index is 1.04. The van der Waals surface area contributed by atoms with Crippen LogP contribution in [0.25, 0.3) is 55.6 Å². The van der Waals surface area contributed by atoms with Gasteiger partial charge < -0.3 is 9.80 Å². The van der Waals surface area contributed by atoms with Gasteiger partial charge in [-0.05, 0) is 173 Å². The lowest BCUT2D eigenvalue weighted by Crippen LogP contribution is -2.16. The van der Waals surface area contributed by atoms with E-state index < -0.39 is 0 Å². The Morgan fingerprint density at radius 3 is 0.912 bits per heavy atom. The summed E-state index contributed by atoms with van der Waals surface area (Å²) in [5, 5.41) is 0. The van der Waals surface area contributed by atoms with Crippen molar-refractivity contribution in [3.63, 3.8) is 0 Å². The second-order valence-electron chi connectivity index (χ2n) is 18.2. The van der Waals surface area contributed by atoms with Crippen LogP contribution in [0.1, 0.15) is 35.1 Å². The standard InChI is InChI=1S/C66H54N2/c1-47-17-21-51(22-18-47)55-27-37-59(38-28-55)67(58-35-25-53(26-36-58)49-11-5-3-6-12-49)60-43-33-57(34-44-60)63-45-46-66(65-16-10-9-15-64(63)65)68(61-39-29-54(30-40-61)50-13-7-4-8-14-50)62-41-31-56(32-42-62)52-23-19-48(2)20-24-52/h3-8,11-14,17-46H,9-10,15-16H2,1-2H3. The summed E-state index contributed by atoms with van der Waals surface area (Å²) in [6, 6.07) is 89.1. The van der Waals surface area contributed by atoms with Gasteiger partial charge in [0.2, 0.25) is 0 Å². The SMILES string of the molecule is Cc1ccc(-c2ccc(N(c3ccc(-c4ccccc4)cc3)c3ccc(-c4ccc(N(c5ccc(-c6ccccc6)cc5)c5ccc(-c6ccc(C)cc6)cc5)c5c4CCCC5)cc3)cc2)cc1. The molecule has 11 rings (SSSR count). The molecule has 0 unspecified atom stereocenters. The van der Waals surface area contributed by atoms with Crippen molar-refractivity contribution in [2.45, 2.75) is 39.5 Å². The predicted molar refractivity (Wildman–Crippen MR) is 289 cm³/mol. The number of anilines is 6. The molecule has 2 nitrogen and oxygen atoms in total. The third-order valence-corrected chi connectivity index (χ3v) is 13.7. The molecular weight excluding hydrogens is 821 g/mol. The van der Waals surface area contributed by atoms with Crippen molar-refractivity contribution in [3.05, 3.63) is 265 Å². The highest BCUT2D eigenvalue weighted by Gasteiger charge is 2.24. The van der Waals surface area contributed by atoms with Crippen LogP contribution >= 0.6 is 0 Å². The zero-order valence-corrected chi connectivity index (χ0v) is 38.8. The quantitative estimate of drug-likeness (QED) is 0.128. The molecule has 68 heavy (non-hydrogen) atoms. The largest absolute Gasteiger partial charge is 0.311 e. The maximum absolute atomic E-state index is 2.48. The van der Waals surface area contributed by atoms with Gasteiger partial charge >= 0.3 is 0 Å². The molecule has 0 aliphatic heterocycles. The van der Waals surface area contributed by atoms with Crippen molar-refractivity contribution in [1.82, 2.24) is 0 Å². The van der Waals surface area contributed by atoms with Crippen LogP contribution in [0.4, 0.5) is 34.1 Å². The smallest absolute Gasteiger partial charge is 0.0496 e. The van der Waals surface area contributed by atoms with Crippen molar-refractivity contribution in [3.8, 4) is 55.6 Å². The molecule has 0 fully saturated rings. The Bertz CT molecular complexity index is 3270. The molecule has 2 heteroatoms. The van der Waals surface area contributed by atoms with Gasteiger partial charge in [0.1, 0.15) is 0 Å². The molecule has 1 aliphatic rings. The summed E-state index contributed by atoms with van der Waals surface area (Å²) in [5.74, 6) is 0. The number of rotatable bonds is 11. The molecule has 0 aromatic heterocycles. The molecule has 0 radical (unpaired) electrons. The fourth-order valence-electron chi connectivity index (χ4n) is 9.96. The molecule has 0 atom stereocenters. The van der Waals surface area contributed by atoms with Crippen LogP contribution < -0.4 is 9.80 Å². The van der Waals surface area contributed by atoms with Crippen LogP contribution in [0.3, 0.4) is 0 Å². The van der Waals surface area contributed by atoms with E-state index in [9.17, 15) is 0 Å². The van der Waals surface area contributed by atoms with E-state index in [4.69, 9.17) is 0 Å². The third kappa shape index (κ3) is 8.77. The van der Waals surface area contributed by atoms with Crippen LogP contribution in [0.15, 0.2) is 243 Å². The van der Waals surface area contributed by atoms with Crippen LogP contribution in [0.2, 0.25) is 0 Å². The summed E-state index contributed by atoms with van der Waals surface area (Å²) in [7, 11) is 0. The first kappa shape index (κ1) is 42.4. The Morgan fingerprint density at radius 2 is 0.544 bits per heavy atom. The molecule has 0 N–H and O–H groups in total. The first-order chi connectivity index (χ1) is 33.5. The lowest BCUT2D eigenvalue weighted by Gasteiger charge is -2.32. The Labute approximate surface area is 402 Å². The molecule has 0 heterocycles. The minimum Gasteiger partial charge on any atom is -0.311 e. The molecule has 10 aromatic carbocycles. The van der Waals surface area contributed by atoms with E-state index in [2.05, 4.69) is 266 Å². The van der Waals surface area contributed by atoms with E-state index in [1.807, 2.05) is 0 Å². The predicted octanol–water partition coefficient (Wildman–Crippen LogP) is 18.5. The van der Waals surface area contributed by atoms with Gasteiger partial charge in [0.15, 0.2) is 0 Å². The van der Waals surface area contributed by atoms with Gasteiger partial charge in [-0.3, -0.25) is 0 Å². The maximum Gasteiger partial charge on any atom is 0.0496 e. The van der Waals surface area contributed by atoms with Gasteiger partial charge in [-0.15, -0.1) is 0 Å². The molecule has 0 saturated heterocycles. The van der Waals surface area contributed by atoms with Crippen molar-refractivity contribution in [2.75, 3.05) is 9.80 Å². The molecule has 328 valence electrons. The van der Waals surface area contributed by atoms with Gasteiger partial charge in [0, 0.05) is 34.1 Å². The zero-order valence-electron chi connectivity index (χ0n) is 38.8. The van der Waals surface area contributed by atoms with Gasteiger partial charge in [-0.25, -0.2) is 0 Å². The van der Waals surface area contributed by atoms with Gasteiger partial charge in [-0.2, -0.15) is 0 Å². The number of nitrogens with zero attached hydrogens (tertiary/aromatic N) is 2. The molecular formula is C66H54N2. The van der Waals surface area contributed by atoms with E-state index in [1.54, 1.807) is 0 Å². The summed E-state index contributed by atoms with van der Waals surface area (Å²) in [4.78, 5) is 4.86. The minimum absolute atomic E-state index is 1.04. The lowest BCUT2D eigenvalue weighted by molar-refractivity contribution is 0.687. The highest BCUT2D eigenvalue weighted by Crippen LogP contribution is 2.45. The van der Waals surface area contributed by atoms with Gasteiger partial charge in [0.05, 0.1) is 0 Å². The monoisotopic (exact) mass is 874 g/mol. The zero-order chi connectivity index (χ0) is 45.8. The number of hydrogen-bond acceptors (Lipinski definition) is 2. The molecule has 10 aromatic rings. The summed E-state index contributed by atoms with van der Waals surface area (Å²) >= 11 is 0. The summed E-state index contributed by atoms with van der Waals surface area (Å²) in [6.45, 7) is 4.28. The Kier molecular flexibility index (Phi) is 11.8. The number of aryl methyl sites for hydroxylation is 2. The average Bonchev–Trinajstić information content (AvgIpc) is 3.41. The van der Waals surface area contributed by atoms with E-state index >= 15 is 0 Å². The van der Waals surface area contributed by atoms with Crippen LogP contribution in [-0.4, -0.2) is 0 Å². The van der Waals surface area contributed by atoms with Crippen LogP contribution in [0.5, 0.6) is 0 Å². The Balaban J connectivity index is 0.961. The second kappa shape index (κ2) is 19.0. The maximum atomic E-state index is 2.48. The van der Waals surface area contributed by atoms with Crippen molar-refractivity contribution < 1.29 is 0 Å². The lowest BCUT2D eigenvalue weighted by atomic mass is 9.84. The van der Waals surface area contributed by atoms with Crippen molar-refractivity contribution in [1.29, 1.82) is 0 Å². The van der Waals surface area contributed by atoms with Crippen LogP contribution in [-0.2, 0) is 12.8 Å². The van der Waals surface area contributed by atoms with E-state index in [1.165, 1.54) is 96.4 Å². The molecule has 0 amide bonds. The van der Waals surface area contributed by atoms with Gasteiger partial charge in [0.25, 0.3) is 0 Å². The molecule has 0 saturated carbocycles. The van der Waals surface area contributed by atoms with Crippen LogP contribution in [0, 0.1) is 13.8 Å². The topological polar surface area (TPSA) is 6.48 Å². The fraction of sp³-hybridized carbons (Fsp3) is 0.0909. The van der Waals surface area contributed by atoms with Crippen molar-refractivity contribution in [2.24, 2.45) is 0 Å². The molecule has 1 aliphatic carbocycles. The second-order valence-corrected chi connectivity index (χ2v) is 18.2. The molecule has 0 bridgehead atoms. The molecule has 0 spiro atoms. The van der Waals surface area contributed by atoms with Gasteiger partial charge in [-0.1, -0.05) is 187 Å². The summed E-state index contributed by atoms with van der Waals surface area (Å²) in [6.07, 6.45) is 4.46. The van der Waals surface area contributed by atoms with E-state index in [0.717, 1.165) is 41.3 Å². The highest BCUT2D eigenvalue weighted by atomic mass is 15.1. The van der Waals surface area contributed by atoms with Crippen molar-refractivity contribution >= 4 is 34.1 Å². The average molecular weight is 875 g/mol.